The minimum Gasteiger partial charge on any atom is -0.486 e. The molecular formula is C24H20FN7O2S. The normalized spacial score (nSPS) is 11.1. The predicted molar refractivity (Wildman–Crippen MR) is 128 cm³/mol. The number of ether oxygens (including phenoxy) is 1. The molecule has 0 radical (unpaired) electrons. The lowest BCUT2D eigenvalue weighted by Crippen LogP contribution is -2.14. The Kier molecular flexibility index (Phi) is 6.49. The molecule has 0 saturated heterocycles. The standard InChI is InChI=1S/C24H20FN7O2S/c1-31-23(28-29-30-31)32-22-12-16(25)10-11-21(22)27-24(32)35-15-18-7-5-6-17(26-18)13-19(33)14-34-20-8-3-2-4-9-20/h2-12H,13-15H2,1H3. The maximum absolute atomic E-state index is 14.0. The number of fused-ring (bicyclic) bond motifs is 1. The molecule has 0 atom stereocenters. The third kappa shape index (κ3) is 5.19. The van der Waals surface area contributed by atoms with Crippen molar-refractivity contribution in [2.75, 3.05) is 6.61 Å². The summed E-state index contributed by atoms with van der Waals surface area (Å²) in [6, 6.07) is 19.2. The van der Waals surface area contributed by atoms with Crippen molar-refractivity contribution >= 4 is 28.6 Å². The summed E-state index contributed by atoms with van der Waals surface area (Å²) >= 11 is 1.42. The molecule has 0 bridgehead atoms. The lowest BCUT2D eigenvalue weighted by Gasteiger charge is -2.08. The fourth-order valence-corrected chi connectivity index (χ4v) is 4.42. The summed E-state index contributed by atoms with van der Waals surface area (Å²) in [5, 5.41) is 12.2. The first-order chi connectivity index (χ1) is 17.1. The second kappa shape index (κ2) is 10.0. The Morgan fingerprint density at radius 3 is 2.66 bits per heavy atom. The van der Waals surface area contributed by atoms with Crippen LogP contribution in [0, 0.1) is 5.82 Å². The van der Waals surface area contributed by atoms with E-state index >= 15 is 0 Å². The van der Waals surface area contributed by atoms with Gasteiger partial charge in [-0.15, -0.1) is 0 Å². The zero-order valence-corrected chi connectivity index (χ0v) is 19.5. The Hall–Kier alpha value is -4.12. The van der Waals surface area contributed by atoms with Gasteiger partial charge in [0.05, 0.1) is 23.1 Å². The van der Waals surface area contributed by atoms with E-state index < -0.39 is 0 Å². The number of hydrogen-bond donors (Lipinski definition) is 0. The summed E-state index contributed by atoms with van der Waals surface area (Å²) in [7, 11) is 1.71. The summed E-state index contributed by atoms with van der Waals surface area (Å²) < 4.78 is 22.7. The van der Waals surface area contributed by atoms with Crippen LogP contribution < -0.4 is 4.74 Å². The van der Waals surface area contributed by atoms with Gasteiger partial charge in [0.1, 0.15) is 18.2 Å². The smallest absolute Gasteiger partial charge is 0.256 e. The second-order valence-electron chi connectivity index (χ2n) is 7.69. The van der Waals surface area contributed by atoms with Crippen molar-refractivity contribution in [3.05, 3.63) is 83.9 Å². The highest BCUT2D eigenvalue weighted by Gasteiger charge is 2.18. The van der Waals surface area contributed by atoms with Crippen LogP contribution in [0.5, 0.6) is 5.75 Å². The number of thioether (sulfide) groups is 1. The number of hydrogen-bond acceptors (Lipinski definition) is 8. The molecule has 0 aliphatic rings. The highest BCUT2D eigenvalue weighted by molar-refractivity contribution is 7.98. The fraction of sp³-hybridized carbons (Fsp3) is 0.167. The van der Waals surface area contributed by atoms with Crippen LogP contribution in [-0.4, -0.2) is 47.1 Å². The number of rotatable bonds is 9. The van der Waals surface area contributed by atoms with E-state index in [4.69, 9.17) is 4.74 Å². The van der Waals surface area contributed by atoms with E-state index in [2.05, 4.69) is 25.5 Å². The quantitative estimate of drug-likeness (QED) is 0.290. The van der Waals surface area contributed by atoms with Crippen molar-refractivity contribution in [2.45, 2.75) is 17.3 Å². The number of ketones is 1. The van der Waals surface area contributed by atoms with E-state index in [1.54, 1.807) is 17.7 Å². The van der Waals surface area contributed by atoms with E-state index in [-0.39, 0.29) is 24.6 Å². The van der Waals surface area contributed by atoms with Crippen LogP contribution in [0.4, 0.5) is 4.39 Å². The summed E-state index contributed by atoms with van der Waals surface area (Å²) in [5.74, 6) is 1.12. The molecule has 176 valence electrons. The Bertz CT molecular complexity index is 1490. The molecule has 0 saturated carbocycles. The average molecular weight is 490 g/mol. The molecule has 35 heavy (non-hydrogen) atoms. The molecule has 0 unspecified atom stereocenters. The first-order valence-corrected chi connectivity index (χ1v) is 11.7. The molecule has 0 aliphatic carbocycles. The molecule has 5 rings (SSSR count). The molecule has 3 aromatic heterocycles. The van der Waals surface area contributed by atoms with Crippen molar-refractivity contribution in [3.8, 4) is 11.7 Å². The van der Waals surface area contributed by atoms with Crippen molar-refractivity contribution in [1.29, 1.82) is 0 Å². The van der Waals surface area contributed by atoms with Gasteiger partial charge in [-0.1, -0.05) is 41.1 Å². The van der Waals surface area contributed by atoms with Gasteiger partial charge in [-0.3, -0.25) is 14.3 Å². The number of Topliss-reactive ketones (excluding diaryl/α,β-unsaturated/α-hetero) is 1. The zero-order chi connectivity index (χ0) is 24.2. The van der Waals surface area contributed by atoms with Gasteiger partial charge in [0.2, 0.25) is 0 Å². The molecule has 0 spiro atoms. The average Bonchev–Trinajstić information content (AvgIpc) is 3.44. The molecule has 0 fully saturated rings. The molecule has 2 aromatic carbocycles. The highest BCUT2D eigenvalue weighted by atomic mass is 32.2. The van der Waals surface area contributed by atoms with Gasteiger partial charge in [-0.05, 0) is 46.8 Å². The molecule has 5 aromatic rings. The SMILES string of the molecule is Cn1nnnc1-n1c(SCc2cccc(CC(=O)COc3ccccc3)n2)nc2ccc(F)cc21. The summed E-state index contributed by atoms with van der Waals surface area (Å²) in [4.78, 5) is 21.6. The van der Waals surface area contributed by atoms with E-state index in [1.165, 1.54) is 28.6 Å². The van der Waals surface area contributed by atoms with Crippen LogP contribution in [0.1, 0.15) is 11.4 Å². The minimum atomic E-state index is -0.374. The van der Waals surface area contributed by atoms with Gasteiger partial charge in [-0.2, -0.15) is 0 Å². The maximum atomic E-state index is 14.0. The van der Waals surface area contributed by atoms with Crippen LogP contribution >= 0.6 is 11.8 Å². The predicted octanol–water partition coefficient (Wildman–Crippen LogP) is 3.57. The van der Waals surface area contributed by atoms with Crippen LogP contribution in [0.3, 0.4) is 0 Å². The lowest BCUT2D eigenvalue weighted by molar-refractivity contribution is -0.120. The van der Waals surface area contributed by atoms with Crippen molar-refractivity contribution in [3.63, 3.8) is 0 Å². The fourth-order valence-electron chi connectivity index (χ4n) is 3.51. The number of benzene rings is 2. The molecule has 3 heterocycles. The van der Waals surface area contributed by atoms with E-state index in [9.17, 15) is 9.18 Å². The van der Waals surface area contributed by atoms with Crippen LogP contribution in [0.15, 0.2) is 71.9 Å². The number of tetrazole rings is 1. The van der Waals surface area contributed by atoms with Crippen molar-refractivity contribution in [1.82, 2.24) is 34.7 Å². The molecule has 0 aliphatic heterocycles. The van der Waals surface area contributed by atoms with Gasteiger partial charge >= 0.3 is 0 Å². The molecule has 11 heteroatoms. The monoisotopic (exact) mass is 489 g/mol. The largest absolute Gasteiger partial charge is 0.486 e. The minimum absolute atomic E-state index is 0.0169. The van der Waals surface area contributed by atoms with E-state index in [0.29, 0.717) is 39.3 Å². The first kappa shape index (κ1) is 22.7. The molecule has 0 N–H and O–H groups in total. The summed E-state index contributed by atoms with van der Waals surface area (Å²) in [6.45, 7) is -0.0169. The van der Waals surface area contributed by atoms with Gasteiger partial charge in [0, 0.05) is 24.6 Å². The number of halogens is 1. The number of pyridine rings is 1. The number of aryl methyl sites for hydroxylation is 1. The molecule has 9 nitrogen and oxygen atoms in total. The Labute approximate surface area is 204 Å². The number of imidazole rings is 1. The number of carbonyl (C=O) groups is 1. The van der Waals surface area contributed by atoms with Crippen molar-refractivity contribution in [2.24, 2.45) is 7.05 Å². The topological polar surface area (TPSA) is 101 Å². The number of carbonyl (C=O) groups excluding carboxylic acids is 1. The Balaban J connectivity index is 1.30. The second-order valence-corrected chi connectivity index (χ2v) is 8.63. The number of nitrogens with zero attached hydrogens (tertiary/aromatic N) is 7. The van der Waals surface area contributed by atoms with Gasteiger partial charge in [0.25, 0.3) is 5.95 Å². The number of para-hydroxylation sites is 1. The molecular weight excluding hydrogens is 469 g/mol. The third-order valence-corrected chi connectivity index (χ3v) is 6.09. The maximum Gasteiger partial charge on any atom is 0.256 e. The third-order valence-electron chi connectivity index (χ3n) is 5.12. The van der Waals surface area contributed by atoms with Crippen LogP contribution in [0.25, 0.3) is 17.0 Å². The van der Waals surface area contributed by atoms with Gasteiger partial charge < -0.3 is 4.74 Å². The molecule has 0 amide bonds. The van der Waals surface area contributed by atoms with Gasteiger partial charge in [-0.25, -0.2) is 14.1 Å². The summed E-state index contributed by atoms with van der Waals surface area (Å²) in [5.41, 5.74) is 2.64. The van der Waals surface area contributed by atoms with E-state index in [0.717, 1.165) is 5.69 Å². The van der Waals surface area contributed by atoms with Crippen LogP contribution in [0.2, 0.25) is 0 Å². The Morgan fingerprint density at radius 2 is 1.86 bits per heavy atom. The summed E-state index contributed by atoms with van der Waals surface area (Å²) in [6.07, 6.45) is 0.174. The lowest BCUT2D eigenvalue weighted by atomic mass is 10.2. The van der Waals surface area contributed by atoms with Crippen molar-refractivity contribution < 1.29 is 13.9 Å². The Morgan fingerprint density at radius 1 is 1.03 bits per heavy atom. The zero-order valence-electron chi connectivity index (χ0n) is 18.7. The highest BCUT2D eigenvalue weighted by Crippen LogP contribution is 2.29. The number of aromatic nitrogens is 7. The van der Waals surface area contributed by atoms with Gasteiger partial charge in [0.15, 0.2) is 10.9 Å². The first-order valence-electron chi connectivity index (χ1n) is 10.7. The van der Waals surface area contributed by atoms with E-state index in [1.807, 2.05) is 48.5 Å². The van der Waals surface area contributed by atoms with Crippen LogP contribution in [-0.2, 0) is 24.0 Å².